The van der Waals surface area contributed by atoms with Crippen LogP contribution in [0.3, 0.4) is 0 Å². The quantitative estimate of drug-likeness (QED) is 0.737. The van der Waals surface area contributed by atoms with Gasteiger partial charge in [-0.05, 0) is 63.6 Å². The van der Waals surface area contributed by atoms with Gasteiger partial charge in [-0.3, -0.25) is 4.79 Å². The zero-order valence-electron chi connectivity index (χ0n) is 16.2. The Morgan fingerprint density at radius 3 is 2.63 bits per heavy atom. The van der Waals surface area contributed by atoms with Crippen LogP contribution < -0.4 is 15.4 Å². The Balaban J connectivity index is 1.83. The highest BCUT2D eigenvalue weighted by molar-refractivity contribution is 5.95. The molecule has 2 N–H and O–H groups in total. The monoisotopic (exact) mass is 367 g/mol. The molecule has 1 aliphatic rings. The Morgan fingerprint density at radius 1 is 1.19 bits per heavy atom. The molecule has 1 unspecified atom stereocenters. The summed E-state index contributed by atoms with van der Waals surface area (Å²) in [5, 5.41) is 6.98. The first-order valence-electron chi connectivity index (χ1n) is 9.84. The van der Waals surface area contributed by atoms with Crippen molar-refractivity contribution in [2.75, 3.05) is 31.5 Å². The number of hydrogen-bond donors (Lipinski definition) is 2. The predicted molar refractivity (Wildman–Crippen MR) is 110 cm³/mol. The average molecular weight is 367 g/mol. The Hall–Kier alpha value is -2.53. The fourth-order valence-electron chi connectivity index (χ4n) is 3.36. The van der Waals surface area contributed by atoms with E-state index in [1.54, 1.807) is 0 Å². The minimum absolute atomic E-state index is 0.0296. The average Bonchev–Trinajstić information content (AvgIpc) is 3.22. The van der Waals surface area contributed by atoms with Crippen LogP contribution in [-0.2, 0) is 0 Å². The van der Waals surface area contributed by atoms with Gasteiger partial charge in [-0.15, -0.1) is 0 Å². The van der Waals surface area contributed by atoms with Crippen LogP contribution in [0.5, 0.6) is 11.5 Å². The highest BCUT2D eigenvalue weighted by Gasteiger charge is 2.17. The van der Waals surface area contributed by atoms with Gasteiger partial charge in [0.05, 0.1) is 5.69 Å². The smallest absolute Gasteiger partial charge is 0.253 e. The van der Waals surface area contributed by atoms with E-state index in [0.717, 1.165) is 24.5 Å². The first kappa shape index (κ1) is 19.2. The maximum atomic E-state index is 12.7. The van der Waals surface area contributed by atoms with Gasteiger partial charge in [0.2, 0.25) is 0 Å². The maximum Gasteiger partial charge on any atom is 0.253 e. The number of ether oxygens (including phenoxy) is 1. The van der Waals surface area contributed by atoms with Crippen LogP contribution in [0.15, 0.2) is 48.5 Å². The number of hydrogen-bond acceptors (Lipinski definition) is 4. The van der Waals surface area contributed by atoms with Crippen molar-refractivity contribution in [3.05, 3.63) is 54.1 Å². The maximum absolute atomic E-state index is 12.7. The summed E-state index contributed by atoms with van der Waals surface area (Å²) in [6, 6.07) is 15.8. The summed E-state index contributed by atoms with van der Waals surface area (Å²) in [6.07, 6.45) is 2.40. The van der Waals surface area contributed by atoms with E-state index in [4.69, 9.17) is 4.74 Å². The molecule has 0 bridgehead atoms. The van der Waals surface area contributed by atoms with Crippen LogP contribution in [0, 0.1) is 0 Å². The van der Waals surface area contributed by atoms with E-state index in [0.29, 0.717) is 30.4 Å². The molecule has 3 rings (SSSR count). The van der Waals surface area contributed by atoms with Crippen molar-refractivity contribution in [1.29, 1.82) is 0 Å². The Morgan fingerprint density at radius 2 is 1.96 bits per heavy atom. The molecule has 0 spiro atoms. The van der Waals surface area contributed by atoms with Crippen molar-refractivity contribution in [2.45, 2.75) is 32.7 Å². The molecule has 5 nitrogen and oxygen atoms in total. The lowest BCUT2D eigenvalue weighted by molar-refractivity contribution is 0.0772. The van der Waals surface area contributed by atoms with Gasteiger partial charge in [-0.1, -0.05) is 18.2 Å². The van der Waals surface area contributed by atoms with Gasteiger partial charge < -0.3 is 20.3 Å². The van der Waals surface area contributed by atoms with Gasteiger partial charge in [0.1, 0.15) is 5.75 Å². The second-order valence-corrected chi connectivity index (χ2v) is 6.78. The molecule has 144 valence electrons. The number of rotatable bonds is 8. The molecule has 1 fully saturated rings. The second-order valence-electron chi connectivity index (χ2n) is 6.78. The Bertz CT molecular complexity index is 738. The van der Waals surface area contributed by atoms with E-state index in [9.17, 15) is 4.79 Å². The van der Waals surface area contributed by atoms with Crippen molar-refractivity contribution < 1.29 is 9.53 Å². The van der Waals surface area contributed by atoms with Crippen LogP contribution in [0.2, 0.25) is 0 Å². The highest BCUT2D eigenvalue weighted by atomic mass is 16.5. The summed E-state index contributed by atoms with van der Waals surface area (Å²) in [6.45, 7) is 7.29. The van der Waals surface area contributed by atoms with Gasteiger partial charge >= 0.3 is 0 Å². The number of carbonyl (C=O) groups is 1. The molecule has 1 saturated heterocycles. The topological polar surface area (TPSA) is 53.6 Å². The molecule has 0 aliphatic carbocycles. The molecule has 1 aliphatic heterocycles. The highest BCUT2D eigenvalue weighted by Crippen LogP contribution is 2.31. The number of nitrogens with one attached hydrogen (secondary N) is 2. The van der Waals surface area contributed by atoms with E-state index < -0.39 is 0 Å². The number of benzene rings is 2. The first-order valence-corrected chi connectivity index (χ1v) is 9.84. The summed E-state index contributed by atoms with van der Waals surface area (Å²) >= 11 is 0. The lowest BCUT2D eigenvalue weighted by atomic mass is 10.1. The Kier molecular flexibility index (Phi) is 6.71. The van der Waals surface area contributed by atoms with E-state index in [1.165, 1.54) is 12.8 Å². The molecule has 0 radical (unpaired) electrons. The summed E-state index contributed by atoms with van der Waals surface area (Å²) in [4.78, 5) is 14.5. The summed E-state index contributed by atoms with van der Waals surface area (Å²) < 4.78 is 6.11. The molecule has 27 heavy (non-hydrogen) atoms. The van der Waals surface area contributed by atoms with Crippen LogP contribution in [-0.4, -0.2) is 43.0 Å². The molecular formula is C22H29N3O2. The fourth-order valence-corrected chi connectivity index (χ4v) is 3.36. The largest absolute Gasteiger partial charge is 0.455 e. The minimum Gasteiger partial charge on any atom is -0.455 e. The third-order valence-corrected chi connectivity index (χ3v) is 4.95. The summed E-state index contributed by atoms with van der Waals surface area (Å²) in [5.41, 5.74) is 1.55. The molecule has 0 aromatic heterocycles. The molecule has 2 aromatic rings. The molecule has 5 heteroatoms. The van der Waals surface area contributed by atoms with Gasteiger partial charge in [-0.25, -0.2) is 0 Å². The summed E-state index contributed by atoms with van der Waals surface area (Å²) in [5.74, 6) is 1.46. The first-order chi connectivity index (χ1) is 13.2. The molecule has 1 heterocycles. The molecule has 1 atom stereocenters. The molecule has 2 aromatic carbocycles. The van der Waals surface area contributed by atoms with E-state index >= 15 is 0 Å². The normalized spacial score (nSPS) is 16.1. The SMILES string of the molecule is CCN(CC)C(=O)c1ccc(NCC2CCCN2)c(Oc2ccccc2)c1. The van der Waals surface area contributed by atoms with Crippen LogP contribution in [0.1, 0.15) is 37.0 Å². The van der Waals surface area contributed by atoms with Crippen molar-refractivity contribution in [3.63, 3.8) is 0 Å². The zero-order valence-corrected chi connectivity index (χ0v) is 16.2. The van der Waals surface area contributed by atoms with Gasteiger partial charge in [0.25, 0.3) is 5.91 Å². The van der Waals surface area contributed by atoms with E-state index in [1.807, 2.05) is 67.3 Å². The second kappa shape index (κ2) is 9.42. The van der Waals surface area contributed by atoms with Gasteiger partial charge in [0.15, 0.2) is 5.75 Å². The fraction of sp³-hybridized carbons (Fsp3) is 0.409. The lowest BCUT2D eigenvalue weighted by Gasteiger charge is -2.20. The zero-order chi connectivity index (χ0) is 19.1. The minimum atomic E-state index is 0.0296. The lowest BCUT2D eigenvalue weighted by Crippen LogP contribution is -2.30. The van der Waals surface area contributed by atoms with Crippen LogP contribution in [0.25, 0.3) is 0 Å². The Labute approximate surface area is 161 Å². The third-order valence-electron chi connectivity index (χ3n) is 4.95. The number of carbonyl (C=O) groups excluding carboxylic acids is 1. The van der Waals surface area contributed by atoms with E-state index in [2.05, 4.69) is 10.6 Å². The van der Waals surface area contributed by atoms with Crippen molar-refractivity contribution >= 4 is 11.6 Å². The van der Waals surface area contributed by atoms with Crippen LogP contribution in [0.4, 0.5) is 5.69 Å². The molecule has 0 saturated carbocycles. The standard InChI is InChI=1S/C22H29N3O2/c1-3-25(4-2)22(26)17-12-13-20(24-16-18-9-8-14-23-18)21(15-17)27-19-10-6-5-7-11-19/h5-7,10-13,15,18,23-24H,3-4,8-9,14,16H2,1-2H3. The van der Waals surface area contributed by atoms with Crippen LogP contribution >= 0.6 is 0 Å². The number of para-hydroxylation sites is 1. The van der Waals surface area contributed by atoms with Crippen molar-refractivity contribution in [3.8, 4) is 11.5 Å². The van der Waals surface area contributed by atoms with Gasteiger partial charge in [0, 0.05) is 31.2 Å². The predicted octanol–water partition coefficient (Wildman–Crippen LogP) is 4.12. The third kappa shape index (κ3) is 5.01. The number of amides is 1. The van der Waals surface area contributed by atoms with E-state index in [-0.39, 0.29) is 5.91 Å². The molecule has 1 amide bonds. The summed E-state index contributed by atoms with van der Waals surface area (Å²) in [7, 11) is 0. The number of nitrogens with zero attached hydrogens (tertiary/aromatic N) is 1. The van der Waals surface area contributed by atoms with Crippen molar-refractivity contribution in [2.24, 2.45) is 0 Å². The number of anilines is 1. The van der Waals surface area contributed by atoms with Crippen molar-refractivity contribution in [1.82, 2.24) is 10.2 Å². The van der Waals surface area contributed by atoms with Gasteiger partial charge in [-0.2, -0.15) is 0 Å². The molecular weight excluding hydrogens is 338 g/mol.